The minimum atomic E-state index is -1.24. The fourth-order valence-corrected chi connectivity index (χ4v) is 5.64. The van der Waals surface area contributed by atoms with Gasteiger partial charge in [0.2, 0.25) is 0 Å². The molecule has 0 saturated heterocycles. The second-order valence-electron chi connectivity index (χ2n) is 10.0. The zero-order valence-corrected chi connectivity index (χ0v) is 23.9. The zero-order chi connectivity index (χ0) is 30.1. The number of fused-ring (bicyclic) bond motifs is 2. The number of halogens is 1. The molecule has 0 amide bonds. The van der Waals surface area contributed by atoms with Gasteiger partial charge in [-0.15, -0.1) is 0 Å². The van der Waals surface area contributed by atoms with Crippen molar-refractivity contribution in [3.05, 3.63) is 106 Å². The zero-order valence-electron chi connectivity index (χ0n) is 23.1. The van der Waals surface area contributed by atoms with Crippen LogP contribution in [0.3, 0.4) is 0 Å². The smallest absolute Gasteiger partial charge is 0.311 e. The summed E-state index contributed by atoms with van der Waals surface area (Å²) < 4.78 is 12.2. The number of methoxy groups -OCH3 is 2. The van der Waals surface area contributed by atoms with Crippen molar-refractivity contribution >= 4 is 51.1 Å². The average molecular weight is 586 g/mol. The van der Waals surface area contributed by atoms with Crippen LogP contribution in [0.2, 0.25) is 5.02 Å². The lowest BCUT2D eigenvalue weighted by Gasteiger charge is -2.20. The van der Waals surface area contributed by atoms with E-state index in [1.165, 1.54) is 11.7 Å². The Kier molecular flexibility index (Phi) is 7.91. The van der Waals surface area contributed by atoms with Crippen LogP contribution in [0.5, 0.6) is 11.5 Å². The number of aromatic nitrogens is 1. The van der Waals surface area contributed by atoms with Gasteiger partial charge in [0.1, 0.15) is 11.5 Å². The molecule has 42 heavy (non-hydrogen) atoms. The van der Waals surface area contributed by atoms with Crippen LogP contribution >= 0.6 is 11.6 Å². The topological polar surface area (TPSA) is 115 Å². The number of carbonyl (C=O) groups is 3. The number of hydrogen-bond acceptors (Lipinski definition) is 5. The van der Waals surface area contributed by atoms with Gasteiger partial charge < -0.3 is 19.7 Å². The minimum Gasteiger partial charge on any atom is -0.497 e. The number of aliphatic carboxylic acids is 2. The van der Waals surface area contributed by atoms with Gasteiger partial charge in [-0.2, -0.15) is 0 Å². The molecule has 0 aliphatic heterocycles. The molecule has 0 aliphatic carbocycles. The van der Waals surface area contributed by atoms with E-state index in [9.17, 15) is 24.6 Å². The van der Waals surface area contributed by atoms with Crippen molar-refractivity contribution in [3.8, 4) is 11.5 Å². The second-order valence-corrected chi connectivity index (χ2v) is 10.5. The van der Waals surface area contributed by atoms with Gasteiger partial charge in [0.05, 0.1) is 31.6 Å². The van der Waals surface area contributed by atoms with Crippen LogP contribution in [0.1, 0.15) is 45.4 Å². The van der Waals surface area contributed by atoms with E-state index in [0.29, 0.717) is 49.8 Å². The molecule has 5 aromatic rings. The largest absolute Gasteiger partial charge is 0.497 e. The summed E-state index contributed by atoms with van der Waals surface area (Å²) in [4.78, 5) is 39.2. The summed E-state index contributed by atoms with van der Waals surface area (Å²) in [6.45, 7) is 1.67. The number of ether oxygens (including phenoxy) is 2. The Morgan fingerprint density at radius 2 is 1.38 bits per heavy atom. The lowest BCUT2D eigenvalue weighted by Crippen LogP contribution is -2.21. The fourth-order valence-electron chi connectivity index (χ4n) is 5.52. The highest BCUT2D eigenvalue weighted by Gasteiger charge is 2.34. The van der Waals surface area contributed by atoms with Crippen LogP contribution in [-0.2, 0) is 9.59 Å². The molecule has 0 bridgehead atoms. The summed E-state index contributed by atoms with van der Waals surface area (Å²) >= 11 is 6.02. The fraction of sp³-hybridized carbons (Fsp3) is 0.182. The summed E-state index contributed by atoms with van der Waals surface area (Å²) in [6, 6.07) is 22.2. The molecular weight excluding hydrogens is 558 g/mol. The first-order valence-electron chi connectivity index (χ1n) is 13.2. The molecule has 2 unspecified atom stereocenters. The monoisotopic (exact) mass is 585 g/mol. The number of carboxylic acids is 2. The van der Waals surface area contributed by atoms with E-state index >= 15 is 0 Å². The summed E-state index contributed by atoms with van der Waals surface area (Å²) in [6.07, 6.45) is -0.237. The number of carbonyl (C=O) groups excluding carboxylic acids is 1. The average Bonchev–Trinajstić information content (AvgIpc) is 3.27. The molecule has 0 aliphatic rings. The van der Waals surface area contributed by atoms with E-state index in [-0.39, 0.29) is 12.3 Å². The van der Waals surface area contributed by atoms with Gasteiger partial charge in [0.25, 0.3) is 5.91 Å². The van der Waals surface area contributed by atoms with Crippen molar-refractivity contribution < 1.29 is 34.1 Å². The van der Waals surface area contributed by atoms with Crippen LogP contribution < -0.4 is 9.47 Å². The third kappa shape index (κ3) is 5.29. The predicted molar refractivity (Wildman–Crippen MR) is 160 cm³/mol. The maximum atomic E-state index is 13.7. The molecule has 2 N–H and O–H groups in total. The lowest BCUT2D eigenvalue weighted by atomic mass is 9.83. The van der Waals surface area contributed by atoms with Crippen molar-refractivity contribution in [1.82, 2.24) is 4.57 Å². The molecule has 1 aromatic heterocycles. The van der Waals surface area contributed by atoms with E-state index in [0.717, 1.165) is 10.8 Å². The molecule has 0 spiro atoms. The van der Waals surface area contributed by atoms with Crippen LogP contribution in [0.15, 0.2) is 78.9 Å². The number of benzene rings is 4. The van der Waals surface area contributed by atoms with E-state index in [1.807, 2.05) is 12.1 Å². The van der Waals surface area contributed by atoms with Crippen molar-refractivity contribution in [1.29, 1.82) is 0 Å². The standard InChI is InChI=1S/C33H28ClNO7/c1-18-30(27-16-25(42-3)12-13-29(27)35(18)31(36)19-6-9-23(34)10-7-19)28(33(39)40)17-26(32(37)38)22-5-4-21-15-24(41-2)11-8-20(21)14-22/h4-16,26,28H,17H2,1-3H3,(H,37,38)(H,39,40). The summed E-state index contributed by atoms with van der Waals surface area (Å²) in [5, 5.41) is 23.4. The van der Waals surface area contributed by atoms with Crippen LogP contribution in [0.4, 0.5) is 0 Å². The van der Waals surface area contributed by atoms with E-state index in [1.54, 1.807) is 80.8 Å². The van der Waals surface area contributed by atoms with Crippen LogP contribution in [-0.4, -0.2) is 46.8 Å². The Balaban J connectivity index is 1.64. The summed E-state index contributed by atoms with van der Waals surface area (Å²) in [7, 11) is 3.06. The number of carboxylic acid groups (broad SMARTS) is 2. The van der Waals surface area contributed by atoms with Crippen molar-refractivity contribution in [3.63, 3.8) is 0 Å². The maximum Gasteiger partial charge on any atom is 0.311 e. The van der Waals surface area contributed by atoms with Gasteiger partial charge in [-0.25, -0.2) is 0 Å². The second kappa shape index (κ2) is 11.6. The number of rotatable bonds is 9. The molecule has 0 radical (unpaired) electrons. The lowest BCUT2D eigenvalue weighted by molar-refractivity contribution is -0.141. The highest BCUT2D eigenvalue weighted by atomic mass is 35.5. The maximum absolute atomic E-state index is 13.7. The molecule has 9 heteroatoms. The van der Waals surface area contributed by atoms with Gasteiger partial charge >= 0.3 is 11.9 Å². The van der Waals surface area contributed by atoms with Gasteiger partial charge in [-0.05, 0) is 89.8 Å². The molecular formula is C33H28ClNO7. The summed E-state index contributed by atoms with van der Waals surface area (Å²) in [5.74, 6) is -3.94. The molecule has 8 nitrogen and oxygen atoms in total. The van der Waals surface area contributed by atoms with E-state index < -0.39 is 23.8 Å². The minimum absolute atomic E-state index is 0.237. The first-order valence-corrected chi connectivity index (χ1v) is 13.5. The Labute approximate surface area is 246 Å². The quantitative estimate of drug-likeness (QED) is 0.193. The van der Waals surface area contributed by atoms with Crippen molar-refractivity contribution in [2.75, 3.05) is 14.2 Å². The van der Waals surface area contributed by atoms with Gasteiger partial charge in [0.15, 0.2) is 0 Å². The Bertz CT molecular complexity index is 1840. The van der Waals surface area contributed by atoms with E-state index in [2.05, 4.69) is 0 Å². The molecule has 4 aromatic carbocycles. The van der Waals surface area contributed by atoms with Crippen LogP contribution in [0, 0.1) is 6.92 Å². The van der Waals surface area contributed by atoms with Gasteiger partial charge in [0, 0.05) is 21.7 Å². The third-order valence-electron chi connectivity index (χ3n) is 7.64. The van der Waals surface area contributed by atoms with Crippen molar-refractivity contribution in [2.24, 2.45) is 0 Å². The van der Waals surface area contributed by atoms with E-state index in [4.69, 9.17) is 21.1 Å². The molecule has 1 heterocycles. The highest BCUT2D eigenvalue weighted by Crippen LogP contribution is 2.40. The first-order chi connectivity index (χ1) is 20.1. The highest BCUT2D eigenvalue weighted by molar-refractivity contribution is 6.30. The molecule has 0 fully saturated rings. The number of nitrogens with zero attached hydrogens (tertiary/aromatic N) is 1. The number of hydrogen-bond donors (Lipinski definition) is 2. The third-order valence-corrected chi connectivity index (χ3v) is 7.90. The molecule has 214 valence electrons. The SMILES string of the molecule is COc1ccc2cc(C(CC(C(=O)O)c3c(C)n(C(=O)c4ccc(Cl)cc4)c4ccc(OC)cc34)C(=O)O)ccc2c1. The summed E-state index contributed by atoms with van der Waals surface area (Å²) in [5.41, 5.74) is 2.09. The normalized spacial score (nSPS) is 12.7. The Hall–Kier alpha value is -4.82. The Morgan fingerprint density at radius 1 is 0.786 bits per heavy atom. The predicted octanol–water partition coefficient (Wildman–Crippen LogP) is 6.89. The van der Waals surface area contributed by atoms with Gasteiger partial charge in [-0.1, -0.05) is 35.9 Å². The van der Waals surface area contributed by atoms with Crippen LogP contribution in [0.25, 0.3) is 21.7 Å². The molecule has 0 saturated carbocycles. The first kappa shape index (κ1) is 28.7. The van der Waals surface area contributed by atoms with Crippen molar-refractivity contribution in [2.45, 2.75) is 25.2 Å². The molecule has 5 rings (SSSR count). The molecule has 2 atom stereocenters. The Morgan fingerprint density at radius 3 is 2.02 bits per heavy atom. The van der Waals surface area contributed by atoms with Gasteiger partial charge in [-0.3, -0.25) is 19.0 Å².